The Morgan fingerprint density at radius 1 is 1.38 bits per heavy atom. The maximum absolute atomic E-state index is 2.32. The van der Waals surface area contributed by atoms with Crippen molar-refractivity contribution in [3.8, 4) is 0 Å². The molecule has 0 aromatic heterocycles. The molecule has 0 saturated heterocycles. The second kappa shape index (κ2) is 1.92. The van der Waals surface area contributed by atoms with Crippen LogP contribution in [0.3, 0.4) is 0 Å². The highest BCUT2D eigenvalue weighted by molar-refractivity contribution is 8.00. The summed E-state index contributed by atoms with van der Waals surface area (Å²) in [6.07, 6.45) is 4.94. The summed E-state index contributed by atoms with van der Waals surface area (Å²) >= 11 is 1.97. The molecule has 0 aromatic carbocycles. The van der Waals surface area contributed by atoms with Gasteiger partial charge in [0.2, 0.25) is 0 Å². The maximum Gasteiger partial charge on any atom is 0.0664 e. The molecule has 0 amide bonds. The minimum Gasteiger partial charge on any atom is -0.295 e. The quantitative estimate of drug-likeness (QED) is 0.521. The molecule has 0 bridgehead atoms. The van der Waals surface area contributed by atoms with Crippen LogP contribution in [0.4, 0.5) is 0 Å². The lowest BCUT2D eigenvalue weighted by molar-refractivity contribution is 0.368. The molecule has 0 radical (unpaired) electrons. The molecule has 48 valence electrons. The molecule has 1 rings (SSSR count). The summed E-state index contributed by atoms with van der Waals surface area (Å²) in [5.41, 5.74) is 0. The highest BCUT2D eigenvalue weighted by Gasteiger charge is 2.43. The third-order valence-corrected chi connectivity index (χ3v) is 3.41. The van der Waals surface area contributed by atoms with Gasteiger partial charge >= 0.3 is 0 Å². The third kappa shape index (κ3) is 0.869. The monoisotopic (exact) mass is 131 g/mol. The summed E-state index contributed by atoms with van der Waals surface area (Å²) in [6, 6.07) is 0. The first kappa shape index (κ1) is 6.43. The lowest BCUT2D eigenvalue weighted by Gasteiger charge is -2.20. The standard InChI is InChI=1S/C6H13NS/c1-7(2)6(8-3)4-5-6/h4-5H2,1-3H3. The fourth-order valence-corrected chi connectivity index (χ4v) is 1.82. The number of hydrogen-bond acceptors (Lipinski definition) is 2. The Morgan fingerprint density at radius 3 is 1.88 bits per heavy atom. The highest BCUT2D eigenvalue weighted by Crippen LogP contribution is 2.48. The van der Waals surface area contributed by atoms with Crippen molar-refractivity contribution in [3.63, 3.8) is 0 Å². The van der Waals surface area contributed by atoms with E-state index in [2.05, 4.69) is 25.3 Å². The summed E-state index contributed by atoms with van der Waals surface area (Å²) in [5.74, 6) is 0. The van der Waals surface area contributed by atoms with Crippen LogP contribution in [-0.2, 0) is 0 Å². The Bertz CT molecular complexity index is 86.5. The third-order valence-electron chi connectivity index (χ3n) is 1.87. The molecule has 1 aliphatic carbocycles. The summed E-state index contributed by atoms with van der Waals surface area (Å²) < 4.78 is 0. The van der Waals surface area contributed by atoms with Gasteiger partial charge < -0.3 is 0 Å². The molecular weight excluding hydrogens is 118 g/mol. The summed E-state index contributed by atoms with van der Waals surface area (Å²) in [4.78, 5) is 2.86. The second-order valence-electron chi connectivity index (χ2n) is 2.54. The van der Waals surface area contributed by atoms with Crippen molar-refractivity contribution in [1.29, 1.82) is 0 Å². The number of thioether (sulfide) groups is 1. The molecule has 0 heterocycles. The minimum atomic E-state index is 0.542. The van der Waals surface area contributed by atoms with Crippen LogP contribution in [0.1, 0.15) is 12.8 Å². The predicted molar refractivity (Wildman–Crippen MR) is 39.2 cm³/mol. The van der Waals surface area contributed by atoms with E-state index in [0.717, 1.165) is 0 Å². The molecular formula is C6H13NS. The summed E-state index contributed by atoms with van der Waals surface area (Å²) in [5, 5.41) is 0. The molecule has 0 spiro atoms. The zero-order valence-electron chi connectivity index (χ0n) is 5.77. The summed E-state index contributed by atoms with van der Waals surface area (Å²) in [6.45, 7) is 0. The van der Waals surface area contributed by atoms with Crippen molar-refractivity contribution in [3.05, 3.63) is 0 Å². The van der Waals surface area contributed by atoms with Gasteiger partial charge in [0.15, 0.2) is 0 Å². The molecule has 1 saturated carbocycles. The molecule has 1 nitrogen and oxygen atoms in total. The molecule has 2 heteroatoms. The van der Waals surface area contributed by atoms with Crippen LogP contribution in [0.2, 0.25) is 0 Å². The summed E-state index contributed by atoms with van der Waals surface area (Å²) in [7, 11) is 4.31. The lowest BCUT2D eigenvalue weighted by atomic mass is 10.6. The molecule has 1 fully saturated rings. The Labute approximate surface area is 55.4 Å². The first-order chi connectivity index (χ1) is 3.71. The molecule has 0 N–H and O–H groups in total. The SMILES string of the molecule is CSC1(N(C)C)CC1. The van der Waals surface area contributed by atoms with Crippen LogP contribution in [0.15, 0.2) is 0 Å². The average molecular weight is 131 g/mol. The first-order valence-electron chi connectivity index (χ1n) is 2.94. The van der Waals surface area contributed by atoms with E-state index in [-0.39, 0.29) is 0 Å². The van der Waals surface area contributed by atoms with Crippen LogP contribution in [0, 0.1) is 0 Å². The normalized spacial score (nSPS) is 24.0. The Morgan fingerprint density at radius 2 is 1.88 bits per heavy atom. The van der Waals surface area contributed by atoms with E-state index in [1.165, 1.54) is 12.8 Å². The van der Waals surface area contributed by atoms with Gasteiger partial charge in [0.1, 0.15) is 0 Å². The molecule has 0 aromatic rings. The van der Waals surface area contributed by atoms with Crippen molar-refractivity contribution in [1.82, 2.24) is 4.90 Å². The second-order valence-corrected chi connectivity index (χ2v) is 3.71. The van der Waals surface area contributed by atoms with Gasteiger partial charge in [-0.05, 0) is 33.2 Å². The van der Waals surface area contributed by atoms with Gasteiger partial charge in [-0.25, -0.2) is 0 Å². The van der Waals surface area contributed by atoms with Gasteiger partial charge in [0.05, 0.1) is 4.87 Å². The van der Waals surface area contributed by atoms with E-state index in [1.54, 1.807) is 0 Å². The number of hydrogen-bond donors (Lipinski definition) is 0. The van der Waals surface area contributed by atoms with Crippen LogP contribution in [-0.4, -0.2) is 30.1 Å². The van der Waals surface area contributed by atoms with Crippen LogP contribution >= 0.6 is 11.8 Å². The Hall–Kier alpha value is 0.310. The van der Waals surface area contributed by atoms with Gasteiger partial charge in [-0.2, -0.15) is 0 Å². The predicted octanol–water partition coefficient (Wildman–Crippen LogP) is 1.40. The van der Waals surface area contributed by atoms with Crippen molar-refractivity contribution >= 4 is 11.8 Å². The van der Waals surface area contributed by atoms with Gasteiger partial charge in [-0.1, -0.05) is 0 Å². The van der Waals surface area contributed by atoms with Gasteiger partial charge in [0, 0.05) is 0 Å². The fraction of sp³-hybridized carbons (Fsp3) is 1.00. The largest absolute Gasteiger partial charge is 0.295 e. The molecule has 0 atom stereocenters. The van der Waals surface area contributed by atoms with Gasteiger partial charge in [-0.3, -0.25) is 4.90 Å². The van der Waals surface area contributed by atoms with Gasteiger partial charge in [0.25, 0.3) is 0 Å². The van der Waals surface area contributed by atoms with Crippen molar-refractivity contribution in [2.45, 2.75) is 17.7 Å². The zero-order valence-corrected chi connectivity index (χ0v) is 6.59. The molecule has 1 aliphatic rings. The number of nitrogens with zero attached hydrogens (tertiary/aromatic N) is 1. The van der Waals surface area contributed by atoms with Crippen molar-refractivity contribution < 1.29 is 0 Å². The maximum atomic E-state index is 2.32. The van der Waals surface area contributed by atoms with Crippen LogP contribution < -0.4 is 0 Å². The van der Waals surface area contributed by atoms with E-state index >= 15 is 0 Å². The van der Waals surface area contributed by atoms with Crippen molar-refractivity contribution in [2.24, 2.45) is 0 Å². The van der Waals surface area contributed by atoms with E-state index in [9.17, 15) is 0 Å². The van der Waals surface area contributed by atoms with Crippen LogP contribution in [0.5, 0.6) is 0 Å². The first-order valence-corrected chi connectivity index (χ1v) is 4.16. The number of rotatable bonds is 2. The molecule has 0 unspecified atom stereocenters. The Kier molecular flexibility index (Phi) is 1.54. The van der Waals surface area contributed by atoms with Crippen molar-refractivity contribution in [2.75, 3.05) is 20.4 Å². The fourth-order valence-electron chi connectivity index (χ4n) is 0.941. The van der Waals surface area contributed by atoms with E-state index in [1.807, 2.05) is 11.8 Å². The minimum absolute atomic E-state index is 0.542. The Balaban J connectivity index is 2.41. The van der Waals surface area contributed by atoms with Crippen LogP contribution in [0.25, 0.3) is 0 Å². The zero-order chi connectivity index (χ0) is 6.20. The molecule has 8 heavy (non-hydrogen) atoms. The smallest absolute Gasteiger partial charge is 0.0664 e. The van der Waals surface area contributed by atoms with E-state index in [4.69, 9.17) is 0 Å². The van der Waals surface area contributed by atoms with Gasteiger partial charge in [-0.15, -0.1) is 11.8 Å². The topological polar surface area (TPSA) is 3.24 Å². The average Bonchev–Trinajstić information content (AvgIpc) is 2.44. The highest BCUT2D eigenvalue weighted by atomic mass is 32.2. The van der Waals surface area contributed by atoms with E-state index < -0.39 is 0 Å². The van der Waals surface area contributed by atoms with E-state index in [0.29, 0.717) is 4.87 Å². The molecule has 0 aliphatic heterocycles. The lowest BCUT2D eigenvalue weighted by Crippen LogP contribution is -2.25.